The van der Waals surface area contributed by atoms with Gasteiger partial charge in [0.1, 0.15) is 12.7 Å². The molecule has 2 atom stereocenters. The maximum Gasteiger partial charge on any atom is 0.407 e. The molecule has 0 saturated heterocycles. The van der Waals surface area contributed by atoms with Gasteiger partial charge in [0.2, 0.25) is 0 Å². The number of hydrogen-bond donors (Lipinski definition) is 3. The minimum atomic E-state index is -0.941. The van der Waals surface area contributed by atoms with E-state index < -0.39 is 18.3 Å². The van der Waals surface area contributed by atoms with Gasteiger partial charge in [-0.3, -0.25) is 0 Å². The normalized spacial score (nSPS) is 13.3. The van der Waals surface area contributed by atoms with Gasteiger partial charge in [-0.05, 0) is 35.9 Å². The highest BCUT2D eigenvalue weighted by atomic mass is 32.1. The summed E-state index contributed by atoms with van der Waals surface area (Å²) in [4.78, 5) is 12.6. The van der Waals surface area contributed by atoms with E-state index in [0.717, 1.165) is 16.0 Å². The number of carbonyl (C=O) groups is 1. The Bertz CT molecular complexity index is 614. The number of aryl methyl sites for hydroxylation is 1. The highest BCUT2D eigenvalue weighted by Gasteiger charge is 2.20. The van der Waals surface area contributed by atoms with Crippen LogP contribution in [0.15, 0.2) is 41.8 Å². The van der Waals surface area contributed by atoms with Gasteiger partial charge in [-0.15, -0.1) is 11.3 Å². The molecular formula is C17H21NO4S. The van der Waals surface area contributed by atoms with E-state index in [2.05, 4.69) is 5.32 Å². The van der Waals surface area contributed by atoms with Crippen LogP contribution in [0.3, 0.4) is 0 Å². The molecule has 0 aliphatic carbocycles. The van der Waals surface area contributed by atoms with Gasteiger partial charge in [0.25, 0.3) is 0 Å². The first-order valence-electron chi connectivity index (χ1n) is 7.42. The van der Waals surface area contributed by atoms with Crippen molar-refractivity contribution in [2.45, 2.75) is 32.2 Å². The van der Waals surface area contributed by atoms with Crippen LogP contribution in [0.2, 0.25) is 0 Å². The molecule has 0 aliphatic heterocycles. The van der Waals surface area contributed by atoms with Crippen molar-refractivity contribution < 1.29 is 19.7 Å². The SMILES string of the molecule is Cc1sccc1C(O)C(O)CCNC(=O)OCc1ccccc1. The maximum atomic E-state index is 11.6. The Morgan fingerprint density at radius 1 is 1.26 bits per heavy atom. The molecule has 0 bridgehead atoms. The molecule has 2 aromatic rings. The summed E-state index contributed by atoms with van der Waals surface area (Å²) in [5, 5.41) is 24.5. The largest absolute Gasteiger partial charge is 0.445 e. The van der Waals surface area contributed by atoms with Crippen LogP contribution in [0.5, 0.6) is 0 Å². The topological polar surface area (TPSA) is 78.8 Å². The number of amides is 1. The monoisotopic (exact) mass is 335 g/mol. The molecule has 0 spiro atoms. The third kappa shape index (κ3) is 5.35. The summed E-state index contributed by atoms with van der Waals surface area (Å²) in [5.41, 5.74) is 1.64. The van der Waals surface area contributed by atoms with E-state index in [4.69, 9.17) is 4.74 Å². The number of thiophene rings is 1. The van der Waals surface area contributed by atoms with Crippen LogP contribution in [0.25, 0.3) is 0 Å². The number of ether oxygens (including phenoxy) is 1. The van der Waals surface area contributed by atoms with Crippen LogP contribution in [-0.4, -0.2) is 29.0 Å². The van der Waals surface area contributed by atoms with Crippen molar-refractivity contribution in [3.63, 3.8) is 0 Å². The molecule has 124 valence electrons. The molecule has 3 N–H and O–H groups in total. The minimum absolute atomic E-state index is 0.200. The van der Waals surface area contributed by atoms with Crippen molar-refractivity contribution in [1.82, 2.24) is 5.32 Å². The molecule has 2 unspecified atom stereocenters. The average Bonchev–Trinajstić information content (AvgIpc) is 2.99. The maximum absolute atomic E-state index is 11.6. The van der Waals surface area contributed by atoms with Crippen molar-refractivity contribution >= 4 is 17.4 Å². The molecule has 1 heterocycles. The molecule has 1 amide bonds. The van der Waals surface area contributed by atoms with E-state index in [-0.39, 0.29) is 19.6 Å². The molecule has 0 radical (unpaired) electrons. The molecule has 1 aromatic carbocycles. The van der Waals surface area contributed by atoms with Crippen molar-refractivity contribution in [1.29, 1.82) is 0 Å². The number of aliphatic hydroxyl groups excluding tert-OH is 2. The highest BCUT2D eigenvalue weighted by molar-refractivity contribution is 7.10. The Labute approximate surface area is 139 Å². The first kappa shape index (κ1) is 17.5. The number of rotatable bonds is 7. The summed E-state index contributed by atoms with van der Waals surface area (Å²) in [5.74, 6) is 0. The number of nitrogens with one attached hydrogen (secondary N) is 1. The molecule has 5 nitrogen and oxygen atoms in total. The fourth-order valence-electron chi connectivity index (χ4n) is 2.16. The second-order valence-electron chi connectivity index (χ2n) is 5.22. The molecule has 2 rings (SSSR count). The highest BCUT2D eigenvalue weighted by Crippen LogP contribution is 2.25. The van der Waals surface area contributed by atoms with Gasteiger partial charge in [0.05, 0.1) is 6.10 Å². The number of benzene rings is 1. The molecule has 6 heteroatoms. The Morgan fingerprint density at radius 2 is 2.00 bits per heavy atom. The number of hydrogen-bond acceptors (Lipinski definition) is 5. The summed E-state index contributed by atoms with van der Waals surface area (Å²) < 4.78 is 5.07. The summed E-state index contributed by atoms with van der Waals surface area (Å²) in [7, 11) is 0. The Hall–Kier alpha value is -1.89. The summed E-state index contributed by atoms with van der Waals surface area (Å²) in [6, 6.07) is 11.2. The van der Waals surface area contributed by atoms with Gasteiger partial charge in [0.15, 0.2) is 0 Å². The van der Waals surface area contributed by atoms with Crippen molar-refractivity contribution in [2.24, 2.45) is 0 Å². The Kier molecular flexibility index (Phi) is 6.58. The van der Waals surface area contributed by atoms with Crippen LogP contribution in [0, 0.1) is 6.92 Å². The standard InChI is InChI=1S/C17H21NO4S/c1-12-14(8-10-23-12)16(20)15(19)7-9-18-17(21)22-11-13-5-3-2-4-6-13/h2-6,8,10,15-16,19-20H,7,9,11H2,1H3,(H,18,21). The van der Waals surface area contributed by atoms with Crippen LogP contribution in [0.4, 0.5) is 4.79 Å². The third-order valence-corrected chi connectivity index (χ3v) is 4.37. The van der Waals surface area contributed by atoms with Gasteiger partial charge in [-0.2, -0.15) is 0 Å². The third-order valence-electron chi connectivity index (χ3n) is 3.50. The van der Waals surface area contributed by atoms with Gasteiger partial charge >= 0.3 is 6.09 Å². The molecule has 0 saturated carbocycles. The van der Waals surface area contributed by atoms with Crippen LogP contribution in [-0.2, 0) is 11.3 Å². The molecule has 0 aliphatic rings. The zero-order chi connectivity index (χ0) is 16.7. The summed E-state index contributed by atoms with van der Waals surface area (Å²) in [6.07, 6.45) is -2.17. The number of alkyl carbamates (subject to hydrolysis) is 1. The Balaban J connectivity index is 1.68. The lowest BCUT2D eigenvalue weighted by Gasteiger charge is -2.18. The van der Waals surface area contributed by atoms with E-state index >= 15 is 0 Å². The van der Waals surface area contributed by atoms with Gasteiger partial charge in [-0.25, -0.2) is 4.79 Å². The van der Waals surface area contributed by atoms with E-state index in [9.17, 15) is 15.0 Å². The predicted octanol–water partition coefficient (Wildman–Crippen LogP) is 2.77. The van der Waals surface area contributed by atoms with E-state index in [1.165, 1.54) is 11.3 Å². The molecule has 1 aromatic heterocycles. The average molecular weight is 335 g/mol. The molecule has 0 fully saturated rings. The smallest absolute Gasteiger partial charge is 0.407 e. The lowest BCUT2D eigenvalue weighted by atomic mass is 10.0. The predicted molar refractivity (Wildman–Crippen MR) is 89.3 cm³/mol. The fourth-order valence-corrected chi connectivity index (χ4v) is 2.91. The van der Waals surface area contributed by atoms with Crippen molar-refractivity contribution in [2.75, 3.05) is 6.54 Å². The van der Waals surface area contributed by atoms with Gasteiger partial charge < -0.3 is 20.3 Å². The van der Waals surface area contributed by atoms with Crippen molar-refractivity contribution in [3.05, 3.63) is 57.8 Å². The minimum Gasteiger partial charge on any atom is -0.445 e. The van der Waals surface area contributed by atoms with E-state index in [0.29, 0.717) is 0 Å². The summed E-state index contributed by atoms with van der Waals surface area (Å²) >= 11 is 1.52. The Morgan fingerprint density at radius 3 is 2.65 bits per heavy atom. The number of aliphatic hydroxyl groups is 2. The molecular weight excluding hydrogens is 314 g/mol. The first-order valence-corrected chi connectivity index (χ1v) is 8.30. The molecule has 23 heavy (non-hydrogen) atoms. The summed E-state index contributed by atoms with van der Waals surface area (Å²) in [6.45, 7) is 2.33. The number of carbonyl (C=O) groups excluding carboxylic acids is 1. The van der Waals surface area contributed by atoms with Gasteiger partial charge in [-0.1, -0.05) is 30.3 Å². The fraction of sp³-hybridized carbons (Fsp3) is 0.353. The lowest BCUT2D eigenvalue weighted by molar-refractivity contribution is 0.0135. The first-order chi connectivity index (χ1) is 11.1. The van der Waals surface area contributed by atoms with Crippen LogP contribution >= 0.6 is 11.3 Å². The quantitative estimate of drug-likeness (QED) is 0.727. The van der Waals surface area contributed by atoms with Crippen molar-refractivity contribution in [3.8, 4) is 0 Å². The van der Waals surface area contributed by atoms with E-state index in [1.807, 2.05) is 42.6 Å². The van der Waals surface area contributed by atoms with E-state index in [1.54, 1.807) is 6.07 Å². The zero-order valence-corrected chi connectivity index (χ0v) is 13.8. The second kappa shape index (κ2) is 8.67. The van der Waals surface area contributed by atoms with Gasteiger partial charge in [0, 0.05) is 11.4 Å². The van der Waals surface area contributed by atoms with Crippen LogP contribution < -0.4 is 5.32 Å². The lowest BCUT2D eigenvalue weighted by Crippen LogP contribution is -2.29. The zero-order valence-electron chi connectivity index (χ0n) is 12.9. The van der Waals surface area contributed by atoms with Crippen LogP contribution in [0.1, 0.15) is 28.5 Å². The second-order valence-corrected chi connectivity index (χ2v) is 6.34.